The first-order chi connectivity index (χ1) is 12.7. The van der Waals surface area contributed by atoms with Crippen molar-refractivity contribution >= 4 is 16.1 Å². The maximum Gasteiger partial charge on any atom is 0.202 e. The number of rotatable bonds is 7. The number of hydrogen-bond donors (Lipinski definition) is 0. The van der Waals surface area contributed by atoms with Crippen LogP contribution in [0.1, 0.15) is 83.1 Å². The van der Waals surface area contributed by atoms with Gasteiger partial charge in [-0.1, -0.05) is 94.9 Å². The van der Waals surface area contributed by atoms with Crippen LogP contribution in [-0.2, 0) is 0 Å². The Hall–Kier alpha value is -0.586. The van der Waals surface area contributed by atoms with E-state index in [1.165, 1.54) is 0 Å². The van der Waals surface area contributed by atoms with Gasteiger partial charge in [0.1, 0.15) is 16.1 Å². The van der Waals surface area contributed by atoms with Crippen molar-refractivity contribution in [2.45, 2.75) is 129 Å². The summed E-state index contributed by atoms with van der Waals surface area (Å²) >= 11 is 0. The molecule has 2 unspecified atom stereocenters. The molecule has 0 aliphatic carbocycles. The van der Waals surface area contributed by atoms with Gasteiger partial charge in [0.2, 0.25) is 12.3 Å². The van der Waals surface area contributed by atoms with Crippen LogP contribution in [0.4, 0.5) is 8.78 Å². The predicted molar refractivity (Wildman–Crippen MR) is 127 cm³/mol. The first-order valence-electron chi connectivity index (χ1n) is 11.0. The normalized spacial score (nSPS) is 15.1. The summed E-state index contributed by atoms with van der Waals surface area (Å²) < 4.78 is 29.4. The van der Waals surface area contributed by atoms with Gasteiger partial charge in [-0.05, 0) is 33.2 Å². The second-order valence-electron chi connectivity index (χ2n) is 10.1. The summed E-state index contributed by atoms with van der Waals surface area (Å²) in [5.74, 6) is 5.35. The van der Waals surface area contributed by atoms with Crippen LogP contribution in [-0.4, -0.2) is 28.5 Å². The Morgan fingerprint density at radius 2 is 0.607 bits per heavy atom. The largest absolute Gasteiger partial charge is 0.229 e. The van der Waals surface area contributed by atoms with Gasteiger partial charge in [-0.3, -0.25) is 0 Å². The van der Waals surface area contributed by atoms with E-state index in [2.05, 4.69) is 106 Å². The number of alkyl halides is 2. The smallest absolute Gasteiger partial charge is 0.202 e. The molecule has 0 amide bonds. The summed E-state index contributed by atoms with van der Waals surface area (Å²) in [4.78, 5) is 0. The molecule has 0 N–H and O–H groups in total. The maximum atomic E-state index is 14.7. The van der Waals surface area contributed by atoms with Crippen molar-refractivity contribution in [1.29, 1.82) is 0 Å². The first kappa shape index (κ1) is 27.4. The number of hydrogen-bond acceptors (Lipinski definition) is 0. The van der Waals surface area contributed by atoms with E-state index in [0.717, 1.165) is 0 Å². The van der Waals surface area contributed by atoms with Gasteiger partial charge in [-0.2, -0.15) is 0 Å². The van der Waals surface area contributed by atoms with Crippen LogP contribution in [0.3, 0.4) is 0 Å². The van der Waals surface area contributed by atoms with Crippen molar-refractivity contribution in [2.75, 3.05) is 0 Å². The van der Waals surface area contributed by atoms with Gasteiger partial charge < -0.3 is 0 Å². The monoisotopic (exact) mass is 426 g/mol. The SMILES string of the molecule is CC(C)[Si](C#CC(F)C(F)C#C[Si](C(C)C)(C(C)C)C(C)C)(C(C)C)C(C)C. The molecule has 0 spiro atoms. The fourth-order valence-electron chi connectivity index (χ4n) is 5.40. The Labute approximate surface area is 176 Å². The molecule has 0 heterocycles. The highest BCUT2D eigenvalue weighted by atomic mass is 28.3. The summed E-state index contributed by atoms with van der Waals surface area (Å²) in [6.07, 6.45) is -3.65. The van der Waals surface area contributed by atoms with Crippen molar-refractivity contribution in [2.24, 2.45) is 0 Å². The Morgan fingerprint density at radius 1 is 0.429 bits per heavy atom. The average molecular weight is 427 g/mol. The molecule has 4 heteroatoms. The molecule has 0 fully saturated rings. The maximum absolute atomic E-state index is 14.7. The molecule has 0 aromatic rings. The predicted octanol–water partition coefficient (Wildman–Crippen LogP) is 8.11. The highest BCUT2D eigenvalue weighted by molar-refractivity contribution is 6.91. The molecule has 0 saturated heterocycles. The molecule has 0 nitrogen and oxygen atoms in total. The fraction of sp³-hybridized carbons (Fsp3) is 0.833. The van der Waals surface area contributed by atoms with Gasteiger partial charge in [0, 0.05) is 0 Å². The van der Waals surface area contributed by atoms with Gasteiger partial charge in [0.05, 0.1) is 0 Å². The van der Waals surface area contributed by atoms with Crippen molar-refractivity contribution in [1.82, 2.24) is 0 Å². The third-order valence-electron chi connectivity index (χ3n) is 6.84. The van der Waals surface area contributed by atoms with E-state index in [-0.39, 0.29) is 0 Å². The van der Waals surface area contributed by atoms with Crippen LogP contribution in [0, 0.1) is 22.9 Å². The molecule has 0 rings (SSSR count). The summed E-state index contributed by atoms with van der Waals surface area (Å²) in [7, 11) is -4.11. The van der Waals surface area contributed by atoms with E-state index in [9.17, 15) is 8.78 Å². The summed E-state index contributed by atoms with van der Waals surface area (Å²) in [5.41, 5.74) is 9.00. The Bertz CT molecular complexity index is 500. The molecule has 0 radical (unpaired) electrons. The lowest BCUT2D eigenvalue weighted by atomic mass is 10.3. The van der Waals surface area contributed by atoms with Crippen molar-refractivity contribution in [3.63, 3.8) is 0 Å². The summed E-state index contributed by atoms with van der Waals surface area (Å²) in [5, 5.41) is 0. The highest BCUT2D eigenvalue weighted by Gasteiger charge is 2.43. The molecule has 0 aliphatic rings. The third kappa shape index (κ3) is 5.73. The Morgan fingerprint density at radius 3 is 0.750 bits per heavy atom. The van der Waals surface area contributed by atoms with E-state index in [1.807, 2.05) is 0 Å². The highest BCUT2D eigenvalue weighted by Crippen LogP contribution is 2.41. The van der Waals surface area contributed by atoms with E-state index in [4.69, 9.17) is 0 Å². The standard InChI is InChI=1S/C24H44F2Si2/c1-17(2)27(18(3)4,19(5)6)15-13-23(25)24(26)14-16-28(20(7)8,21(9)10)22(11)12/h17-24H,1-12H3. The molecule has 0 aromatic carbocycles. The van der Waals surface area contributed by atoms with Crippen LogP contribution in [0.5, 0.6) is 0 Å². The van der Waals surface area contributed by atoms with E-state index in [0.29, 0.717) is 33.2 Å². The van der Waals surface area contributed by atoms with E-state index in [1.54, 1.807) is 0 Å². The van der Waals surface area contributed by atoms with Crippen LogP contribution in [0.2, 0.25) is 33.2 Å². The minimum absolute atomic E-state index is 0.402. The zero-order chi connectivity index (χ0) is 22.4. The van der Waals surface area contributed by atoms with Crippen LogP contribution in [0.25, 0.3) is 0 Å². The lowest BCUT2D eigenvalue weighted by molar-refractivity contribution is 0.264. The second kappa shape index (κ2) is 11.0. The molecule has 2 atom stereocenters. The second-order valence-corrected chi connectivity index (χ2v) is 21.3. The average Bonchev–Trinajstić information content (AvgIpc) is 2.53. The topological polar surface area (TPSA) is 0 Å². The summed E-state index contributed by atoms with van der Waals surface area (Å²) in [6.45, 7) is 26.1. The Kier molecular flexibility index (Phi) is 10.8. The molecule has 162 valence electrons. The quantitative estimate of drug-likeness (QED) is 0.285. The zero-order valence-electron chi connectivity index (χ0n) is 20.4. The van der Waals surface area contributed by atoms with Crippen LogP contribution < -0.4 is 0 Å². The molecule has 0 saturated carbocycles. The third-order valence-corrected chi connectivity index (χ3v) is 19.5. The fourth-order valence-corrected chi connectivity index (χ4v) is 15.9. The van der Waals surface area contributed by atoms with Gasteiger partial charge in [-0.15, -0.1) is 11.1 Å². The molecule has 0 aromatic heterocycles. The number of halogens is 2. The lowest BCUT2D eigenvalue weighted by Crippen LogP contribution is -2.44. The zero-order valence-corrected chi connectivity index (χ0v) is 22.4. The minimum Gasteiger partial charge on any atom is -0.229 e. The van der Waals surface area contributed by atoms with E-state index >= 15 is 0 Å². The molecular formula is C24H44F2Si2. The first-order valence-corrected chi connectivity index (χ1v) is 15.5. The van der Waals surface area contributed by atoms with Gasteiger partial charge in [0.15, 0.2) is 0 Å². The van der Waals surface area contributed by atoms with Gasteiger partial charge in [-0.25, -0.2) is 8.78 Å². The van der Waals surface area contributed by atoms with Crippen molar-refractivity contribution < 1.29 is 8.78 Å². The van der Waals surface area contributed by atoms with Crippen LogP contribution >= 0.6 is 0 Å². The molecule has 0 bridgehead atoms. The molecule has 28 heavy (non-hydrogen) atoms. The van der Waals surface area contributed by atoms with Crippen LogP contribution in [0.15, 0.2) is 0 Å². The molecule has 0 aliphatic heterocycles. The summed E-state index contributed by atoms with van der Waals surface area (Å²) in [6, 6.07) is 0. The minimum atomic E-state index is -2.06. The van der Waals surface area contributed by atoms with Gasteiger partial charge in [0.25, 0.3) is 0 Å². The lowest BCUT2D eigenvalue weighted by Gasteiger charge is -2.38. The molecular weight excluding hydrogens is 382 g/mol. The van der Waals surface area contributed by atoms with Crippen molar-refractivity contribution in [3.8, 4) is 22.9 Å². The van der Waals surface area contributed by atoms with Gasteiger partial charge >= 0.3 is 0 Å². The van der Waals surface area contributed by atoms with Crippen molar-refractivity contribution in [3.05, 3.63) is 0 Å². The Balaban J connectivity index is 5.90. The van der Waals surface area contributed by atoms with E-state index < -0.39 is 28.5 Å².